The molecule has 0 saturated heterocycles. The van der Waals surface area contributed by atoms with Crippen LogP contribution in [0, 0.1) is 5.82 Å². The number of halogens is 2. The first-order valence-corrected chi connectivity index (χ1v) is 6.54. The summed E-state index contributed by atoms with van der Waals surface area (Å²) in [7, 11) is 0. The number of nitrogens with zero attached hydrogens (tertiary/aromatic N) is 1. The van der Waals surface area contributed by atoms with E-state index in [1.165, 1.54) is 12.1 Å². The van der Waals surface area contributed by atoms with Gasteiger partial charge < -0.3 is 16.3 Å². The van der Waals surface area contributed by atoms with Crippen LogP contribution in [0.3, 0.4) is 0 Å². The Morgan fingerprint density at radius 3 is 2.55 bits per heavy atom. The van der Waals surface area contributed by atoms with E-state index in [0.717, 1.165) is 6.07 Å². The lowest BCUT2D eigenvalue weighted by molar-refractivity contribution is 0.0914. The summed E-state index contributed by atoms with van der Waals surface area (Å²) < 4.78 is 13.7. The summed E-state index contributed by atoms with van der Waals surface area (Å²) in [4.78, 5) is 12.2. The van der Waals surface area contributed by atoms with Gasteiger partial charge in [-0.15, -0.1) is 0 Å². The minimum atomic E-state index is -1.04. The maximum absolute atomic E-state index is 13.7. The van der Waals surface area contributed by atoms with Crippen LogP contribution >= 0.6 is 11.6 Å². The van der Waals surface area contributed by atoms with E-state index in [1.54, 1.807) is 13.8 Å². The summed E-state index contributed by atoms with van der Waals surface area (Å²) in [5.41, 5.74) is 4.33. The molecule has 4 N–H and O–H groups in total. The second-order valence-corrected chi connectivity index (χ2v) is 4.73. The molecule has 0 bridgehead atoms. The number of nitrogens with two attached hydrogens (primary N) is 1. The van der Waals surface area contributed by atoms with E-state index in [4.69, 9.17) is 22.5 Å². The Kier molecular flexibility index (Phi) is 5.33. The molecule has 20 heavy (non-hydrogen) atoms. The van der Waals surface area contributed by atoms with Gasteiger partial charge in [0.1, 0.15) is 11.4 Å². The fourth-order valence-corrected chi connectivity index (χ4v) is 2.19. The third-order valence-corrected chi connectivity index (χ3v) is 3.66. The monoisotopic (exact) mass is 301 g/mol. The van der Waals surface area contributed by atoms with Crippen LogP contribution in [0.4, 0.5) is 4.39 Å². The molecule has 1 aromatic rings. The molecule has 0 aromatic heterocycles. The van der Waals surface area contributed by atoms with Crippen LogP contribution in [0.2, 0.25) is 5.02 Å². The van der Waals surface area contributed by atoms with Gasteiger partial charge in [-0.2, -0.15) is 0 Å². The maximum atomic E-state index is 13.7. The number of hydrogen-bond acceptors (Lipinski definition) is 3. The Hall–Kier alpha value is -1.82. The number of carbonyl (C=O) groups is 1. The SMILES string of the molecule is CCC(CC)(NC(=O)c1c(F)cccc1Cl)/C(N)=N/O. The molecule has 0 atom stereocenters. The highest BCUT2D eigenvalue weighted by Crippen LogP contribution is 2.22. The van der Waals surface area contributed by atoms with Gasteiger partial charge in [-0.3, -0.25) is 4.79 Å². The first-order chi connectivity index (χ1) is 9.41. The molecule has 0 aliphatic heterocycles. The van der Waals surface area contributed by atoms with Gasteiger partial charge in [0.15, 0.2) is 5.84 Å². The summed E-state index contributed by atoms with van der Waals surface area (Å²) >= 11 is 5.84. The van der Waals surface area contributed by atoms with Gasteiger partial charge in [-0.25, -0.2) is 4.39 Å². The van der Waals surface area contributed by atoms with E-state index < -0.39 is 17.3 Å². The standard InChI is InChI=1S/C13H17ClFN3O2/c1-3-13(4-2,12(16)18-20)17-11(19)10-8(14)6-5-7-9(10)15/h5-7,20H,3-4H2,1-2H3,(H2,16,18)(H,17,19). The summed E-state index contributed by atoms with van der Waals surface area (Å²) in [5.74, 6) is -1.57. The van der Waals surface area contributed by atoms with Crippen molar-refractivity contribution in [3.63, 3.8) is 0 Å². The van der Waals surface area contributed by atoms with Crippen molar-refractivity contribution in [1.82, 2.24) is 5.32 Å². The van der Waals surface area contributed by atoms with Crippen molar-refractivity contribution in [3.8, 4) is 0 Å². The molecule has 110 valence electrons. The molecule has 0 heterocycles. The Morgan fingerprint density at radius 2 is 2.10 bits per heavy atom. The second-order valence-electron chi connectivity index (χ2n) is 4.33. The molecule has 1 amide bonds. The first kappa shape index (κ1) is 16.2. The molecular formula is C13H17ClFN3O2. The van der Waals surface area contributed by atoms with E-state index >= 15 is 0 Å². The van der Waals surface area contributed by atoms with Crippen LogP contribution < -0.4 is 11.1 Å². The fourth-order valence-electron chi connectivity index (χ4n) is 1.94. The fraction of sp³-hybridized carbons (Fsp3) is 0.385. The van der Waals surface area contributed by atoms with E-state index in [0.29, 0.717) is 12.8 Å². The topological polar surface area (TPSA) is 87.7 Å². The van der Waals surface area contributed by atoms with E-state index in [-0.39, 0.29) is 16.4 Å². The number of benzene rings is 1. The molecule has 0 aliphatic rings. The van der Waals surface area contributed by atoms with Crippen LogP contribution in [0.1, 0.15) is 37.0 Å². The van der Waals surface area contributed by atoms with Gasteiger partial charge in [0.25, 0.3) is 5.91 Å². The highest BCUT2D eigenvalue weighted by molar-refractivity contribution is 6.34. The van der Waals surface area contributed by atoms with Gasteiger partial charge in [0.05, 0.1) is 10.6 Å². The molecule has 0 radical (unpaired) electrons. The average Bonchev–Trinajstić information content (AvgIpc) is 2.43. The number of nitrogens with one attached hydrogen (secondary N) is 1. The predicted octanol–water partition coefficient (Wildman–Crippen LogP) is 2.51. The molecule has 0 aliphatic carbocycles. The summed E-state index contributed by atoms with van der Waals surface area (Å²) in [6.07, 6.45) is 0.772. The number of oxime groups is 1. The highest BCUT2D eigenvalue weighted by Gasteiger charge is 2.34. The highest BCUT2D eigenvalue weighted by atomic mass is 35.5. The maximum Gasteiger partial charge on any atom is 0.256 e. The summed E-state index contributed by atoms with van der Waals surface area (Å²) in [6.45, 7) is 3.54. The van der Waals surface area contributed by atoms with Crippen LogP contribution in [0.25, 0.3) is 0 Å². The van der Waals surface area contributed by atoms with Crippen molar-refractivity contribution in [2.45, 2.75) is 32.2 Å². The van der Waals surface area contributed by atoms with Crippen molar-refractivity contribution in [3.05, 3.63) is 34.6 Å². The van der Waals surface area contributed by atoms with Crippen LogP contribution in [0.15, 0.2) is 23.4 Å². The third-order valence-electron chi connectivity index (χ3n) is 3.35. The summed E-state index contributed by atoms with van der Waals surface area (Å²) in [5, 5.41) is 14.4. The van der Waals surface area contributed by atoms with E-state index in [9.17, 15) is 9.18 Å². The Balaban J connectivity index is 3.16. The zero-order valence-corrected chi connectivity index (χ0v) is 12.0. The number of carbonyl (C=O) groups excluding carboxylic acids is 1. The van der Waals surface area contributed by atoms with Crippen molar-refractivity contribution in [2.24, 2.45) is 10.9 Å². The van der Waals surface area contributed by atoms with Crippen molar-refractivity contribution >= 4 is 23.3 Å². The molecule has 7 heteroatoms. The number of amides is 1. The Bertz CT molecular complexity index is 510. The van der Waals surface area contributed by atoms with Crippen molar-refractivity contribution < 1.29 is 14.4 Å². The molecule has 0 spiro atoms. The lowest BCUT2D eigenvalue weighted by Gasteiger charge is -2.31. The molecular weight excluding hydrogens is 285 g/mol. The number of rotatable bonds is 5. The molecule has 0 saturated carbocycles. The van der Waals surface area contributed by atoms with Crippen LogP contribution in [-0.2, 0) is 0 Å². The third kappa shape index (κ3) is 3.01. The van der Waals surface area contributed by atoms with Crippen LogP contribution in [-0.4, -0.2) is 22.5 Å². The number of amidine groups is 1. The molecule has 1 aromatic carbocycles. The molecule has 5 nitrogen and oxygen atoms in total. The van der Waals surface area contributed by atoms with E-state index in [1.807, 2.05) is 0 Å². The normalized spacial score (nSPS) is 12.3. The van der Waals surface area contributed by atoms with Gasteiger partial charge in [-0.1, -0.05) is 36.7 Å². The van der Waals surface area contributed by atoms with Gasteiger partial charge in [-0.05, 0) is 25.0 Å². The number of hydrogen-bond donors (Lipinski definition) is 3. The van der Waals surface area contributed by atoms with E-state index in [2.05, 4.69) is 10.5 Å². The zero-order chi connectivity index (χ0) is 15.3. The average molecular weight is 302 g/mol. The van der Waals surface area contributed by atoms with Crippen molar-refractivity contribution in [1.29, 1.82) is 0 Å². The molecule has 0 fully saturated rings. The zero-order valence-electron chi connectivity index (χ0n) is 11.3. The minimum Gasteiger partial charge on any atom is -0.409 e. The predicted molar refractivity (Wildman–Crippen MR) is 75.6 cm³/mol. The van der Waals surface area contributed by atoms with Gasteiger partial charge >= 0.3 is 0 Å². The lowest BCUT2D eigenvalue weighted by atomic mass is 9.91. The molecule has 0 unspecified atom stereocenters. The quantitative estimate of drug-likeness (QED) is 0.338. The van der Waals surface area contributed by atoms with Crippen LogP contribution in [0.5, 0.6) is 0 Å². The minimum absolute atomic E-state index is 0.00288. The summed E-state index contributed by atoms with van der Waals surface area (Å²) in [6, 6.07) is 3.97. The van der Waals surface area contributed by atoms with Gasteiger partial charge in [0, 0.05) is 0 Å². The Morgan fingerprint density at radius 1 is 1.50 bits per heavy atom. The largest absolute Gasteiger partial charge is 0.409 e. The second kappa shape index (κ2) is 6.56. The van der Waals surface area contributed by atoms with Crippen molar-refractivity contribution in [2.75, 3.05) is 0 Å². The Labute approximate surface area is 121 Å². The lowest BCUT2D eigenvalue weighted by Crippen LogP contribution is -2.57. The first-order valence-electron chi connectivity index (χ1n) is 6.16. The van der Waals surface area contributed by atoms with Gasteiger partial charge in [0.2, 0.25) is 0 Å². The smallest absolute Gasteiger partial charge is 0.256 e. The molecule has 1 rings (SSSR count).